The van der Waals surface area contributed by atoms with Crippen molar-refractivity contribution in [2.45, 2.75) is 135 Å². The zero-order valence-electron chi connectivity index (χ0n) is 24.1. The summed E-state index contributed by atoms with van der Waals surface area (Å²) < 4.78 is 16.2. The van der Waals surface area contributed by atoms with Gasteiger partial charge >= 0.3 is 12.1 Å². The van der Waals surface area contributed by atoms with E-state index in [2.05, 4.69) is 22.0 Å². The monoisotopic (exact) mass is 532 g/mol. The minimum Gasteiger partial charge on any atom is -0.462 e. The minimum absolute atomic E-state index is 0.168. The fraction of sp³-hybridized carbons (Fsp3) is 0.774. The number of ether oxygens (including phenoxy) is 3. The number of nitrogens with one attached hydrogen (secondary N) is 1. The van der Waals surface area contributed by atoms with E-state index in [9.17, 15) is 9.59 Å². The summed E-state index contributed by atoms with van der Waals surface area (Å²) in [7, 11) is 1.32. The molecule has 1 saturated heterocycles. The highest BCUT2D eigenvalue weighted by Crippen LogP contribution is 2.39. The third kappa shape index (κ3) is 12.6. The summed E-state index contributed by atoms with van der Waals surface area (Å²) in [6.45, 7) is 3.27. The standard InChI is InChI=1S/C31H52N2O5/c1-3-4-5-6-7-8-9-10-11-12-13-14-15-16-17-18-21-29(34)37-26-31(22-24-38-31)27-20-19-23-32-28(27)25-33-30(35)36-2/h19-20,23H,3-18,21-22,24-26H2,1-2H3,(H,33,35). The Hall–Kier alpha value is -2.15. The van der Waals surface area contributed by atoms with Gasteiger partial charge in [-0.25, -0.2) is 4.79 Å². The summed E-state index contributed by atoms with van der Waals surface area (Å²) in [5.41, 5.74) is 0.843. The molecule has 1 N–H and O–H groups in total. The van der Waals surface area contributed by atoms with Gasteiger partial charge in [-0.3, -0.25) is 9.78 Å². The van der Waals surface area contributed by atoms with E-state index < -0.39 is 11.7 Å². The lowest BCUT2D eigenvalue weighted by Crippen LogP contribution is -2.46. The molecule has 0 aliphatic carbocycles. The van der Waals surface area contributed by atoms with Gasteiger partial charge in [0.1, 0.15) is 12.2 Å². The Labute approximate surface area is 230 Å². The Bertz CT molecular complexity index is 781. The summed E-state index contributed by atoms with van der Waals surface area (Å²) in [6.07, 6.45) is 23.3. The lowest BCUT2D eigenvalue weighted by molar-refractivity contribution is -0.194. The van der Waals surface area contributed by atoms with E-state index in [4.69, 9.17) is 9.47 Å². The first-order chi connectivity index (χ1) is 18.6. The van der Waals surface area contributed by atoms with Crippen LogP contribution in [-0.2, 0) is 31.2 Å². The molecule has 216 valence electrons. The van der Waals surface area contributed by atoms with Crippen molar-refractivity contribution < 1.29 is 23.8 Å². The highest BCUT2D eigenvalue weighted by Gasteiger charge is 2.43. The maximum atomic E-state index is 12.4. The Morgan fingerprint density at radius 2 is 1.47 bits per heavy atom. The Morgan fingerprint density at radius 1 is 0.921 bits per heavy atom. The molecule has 1 unspecified atom stereocenters. The molecule has 1 aromatic rings. The number of nitrogens with zero attached hydrogens (tertiary/aromatic N) is 1. The zero-order chi connectivity index (χ0) is 27.3. The molecule has 1 amide bonds. The van der Waals surface area contributed by atoms with Crippen LogP contribution in [0.1, 0.15) is 134 Å². The van der Waals surface area contributed by atoms with Crippen molar-refractivity contribution >= 4 is 12.1 Å². The molecule has 0 bridgehead atoms. The molecule has 38 heavy (non-hydrogen) atoms. The van der Waals surface area contributed by atoms with Crippen molar-refractivity contribution in [2.75, 3.05) is 20.3 Å². The molecule has 7 heteroatoms. The van der Waals surface area contributed by atoms with E-state index >= 15 is 0 Å². The Morgan fingerprint density at radius 3 is 1.97 bits per heavy atom. The molecule has 1 fully saturated rings. The van der Waals surface area contributed by atoms with Crippen molar-refractivity contribution in [3.05, 3.63) is 29.6 Å². The van der Waals surface area contributed by atoms with Gasteiger partial charge in [-0.15, -0.1) is 0 Å². The lowest BCUT2D eigenvalue weighted by Gasteiger charge is -2.42. The summed E-state index contributed by atoms with van der Waals surface area (Å²) >= 11 is 0. The van der Waals surface area contributed by atoms with Crippen LogP contribution in [-0.4, -0.2) is 37.4 Å². The van der Waals surface area contributed by atoms with Crippen molar-refractivity contribution in [1.29, 1.82) is 0 Å². The molecule has 1 aliphatic heterocycles. The van der Waals surface area contributed by atoms with Gasteiger partial charge in [0.25, 0.3) is 0 Å². The van der Waals surface area contributed by atoms with Crippen LogP contribution in [0.2, 0.25) is 0 Å². The van der Waals surface area contributed by atoms with Crippen LogP contribution in [0.15, 0.2) is 18.3 Å². The number of carbonyl (C=O) groups is 2. The largest absolute Gasteiger partial charge is 0.462 e. The average molecular weight is 533 g/mol. The van der Waals surface area contributed by atoms with Crippen molar-refractivity contribution in [3.8, 4) is 0 Å². The molecule has 1 aromatic heterocycles. The number of alkyl carbamates (subject to hydrolysis) is 1. The number of rotatable bonds is 22. The smallest absolute Gasteiger partial charge is 0.407 e. The number of carbonyl (C=O) groups excluding carboxylic acids is 2. The second kappa shape index (κ2) is 19.9. The SMILES string of the molecule is CCCCCCCCCCCCCCCCCCC(=O)OCC1(c2cccnc2CNC(=O)OC)CCO1. The summed E-state index contributed by atoms with van der Waals surface area (Å²) in [5.74, 6) is -0.177. The second-order valence-corrected chi connectivity index (χ2v) is 10.6. The molecular weight excluding hydrogens is 480 g/mol. The molecule has 1 atom stereocenters. The molecular formula is C31H52N2O5. The second-order valence-electron chi connectivity index (χ2n) is 10.6. The van der Waals surface area contributed by atoms with E-state index in [1.54, 1.807) is 6.20 Å². The molecule has 0 saturated carbocycles. The van der Waals surface area contributed by atoms with Crippen LogP contribution in [0.3, 0.4) is 0 Å². The fourth-order valence-corrected chi connectivity index (χ4v) is 5.06. The van der Waals surface area contributed by atoms with Crippen LogP contribution < -0.4 is 5.32 Å². The van der Waals surface area contributed by atoms with Gasteiger partial charge < -0.3 is 19.5 Å². The van der Waals surface area contributed by atoms with Crippen LogP contribution in [0.5, 0.6) is 0 Å². The van der Waals surface area contributed by atoms with E-state index in [-0.39, 0.29) is 19.1 Å². The van der Waals surface area contributed by atoms with Crippen LogP contribution >= 0.6 is 0 Å². The van der Waals surface area contributed by atoms with Crippen LogP contribution in [0, 0.1) is 0 Å². The van der Waals surface area contributed by atoms with E-state index in [1.165, 1.54) is 97.0 Å². The van der Waals surface area contributed by atoms with Gasteiger partial charge in [0.2, 0.25) is 0 Å². The summed E-state index contributed by atoms with van der Waals surface area (Å²) in [6, 6.07) is 3.75. The van der Waals surface area contributed by atoms with Crippen molar-refractivity contribution in [1.82, 2.24) is 10.3 Å². The summed E-state index contributed by atoms with van der Waals surface area (Å²) in [4.78, 5) is 28.2. The zero-order valence-corrected chi connectivity index (χ0v) is 24.1. The molecule has 2 rings (SSSR count). The summed E-state index contributed by atoms with van der Waals surface area (Å²) in [5, 5.41) is 2.66. The topological polar surface area (TPSA) is 86.8 Å². The van der Waals surface area contributed by atoms with Crippen LogP contribution in [0.25, 0.3) is 0 Å². The molecule has 0 spiro atoms. The van der Waals surface area contributed by atoms with Crippen LogP contribution in [0.4, 0.5) is 4.79 Å². The van der Waals surface area contributed by atoms with Gasteiger partial charge in [-0.05, 0) is 12.5 Å². The minimum atomic E-state index is -0.689. The number of pyridine rings is 1. The highest BCUT2D eigenvalue weighted by atomic mass is 16.6. The van der Waals surface area contributed by atoms with E-state index in [1.807, 2.05) is 12.1 Å². The Balaban J connectivity index is 1.50. The maximum Gasteiger partial charge on any atom is 0.407 e. The quantitative estimate of drug-likeness (QED) is 0.121. The molecule has 0 radical (unpaired) electrons. The third-order valence-corrected chi connectivity index (χ3v) is 7.55. The molecule has 0 aromatic carbocycles. The van der Waals surface area contributed by atoms with E-state index in [0.29, 0.717) is 18.7 Å². The van der Waals surface area contributed by atoms with Crippen molar-refractivity contribution in [3.63, 3.8) is 0 Å². The molecule has 7 nitrogen and oxygen atoms in total. The van der Waals surface area contributed by atoms with Gasteiger partial charge in [0.05, 0.1) is 26.0 Å². The average Bonchev–Trinajstić information content (AvgIpc) is 2.91. The fourth-order valence-electron chi connectivity index (χ4n) is 5.06. The van der Waals surface area contributed by atoms with Gasteiger partial charge in [0.15, 0.2) is 0 Å². The first-order valence-corrected chi connectivity index (χ1v) is 15.2. The number of hydrogen-bond acceptors (Lipinski definition) is 6. The first kappa shape index (κ1) is 32.1. The molecule has 1 aliphatic rings. The normalized spacial score (nSPS) is 16.6. The Kier molecular flexibility index (Phi) is 16.8. The third-order valence-electron chi connectivity index (χ3n) is 7.55. The lowest BCUT2D eigenvalue weighted by atomic mass is 9.86. The predicted octanol–water partition coefficient (Wildman–Crippen LogP) is 7.75. The van der Waals surface area contributed by atoms with E-state index in [0.717, 1.165) is 24.8 Å². The van der Waals surface area contributed by atoms with Gasteiger partial charge in [0, 0.05) is 24.6 Å². The van der Waals surface area contributed by atoms with Crippen molar-refractivity contribution in [2.24, 2.45) is 0 Å². The number of methoxy groups -OCH3 is 1. The number of aromatic nitrogens is 1. The predicted molar refractivity (Wildman–Crippen MR) is 151 cm³/mol. The first-order valence-electron chi connectivity index (χ1n) is 15.2. The molecule has 2 heterocycles. The number of hydrogen-bond donors (Lipinski definition) is 1. The number of amides is 1. The van der Waals surface area contributed by atoms with Gasteiger partial charge in [-0.1, -0.05) is 109 Å². The number of unbranched alkanes of at least 4 members (excludes halogenated alkanes) is 15. The van der Waals surface area contributed by atoms with Gasteiger partial charge in [-0.2, -0.15) is 0 Å². The highest BCUT2D eigenvalue weighted by molar-refractivity contribution is 5.69. The number of esters is 1. The maximum absolute atomic E-state index is 12.4.